The predicted octanol–water partition coefficient (Wildman–Crippen LogP) is 8.02. The minimum absolute atomic E-state index is 0.251. The average Bonchev–Trinajstić information content (AvgIpc) is 2.73. The van der Waals surface area contributed by atoms with Gasteiger partial charge in [0.2, 0.25) is 0 Å². The van der Waals surface area contributed by atoms with Crippen LogP contribution < -0.4 is 0 Å². The zero-order valence-corrected chi connectivity index (χ0v) is 21.4. The van der Waals surface area contributed by atoms with Crippen LogP contribution in [0, 0.1) is 11.3 Å². The highest BCUT2D eigenvalue weighted by Gasteiger charge is 2.39. The van der Waals surface area contributed by atoms with E-state index in [1.807, 2.05) is 13.8 Å². The summed E-state index contributed by atoms with van der Waals surface area (Å²) in [4.78, 5) is 24.3. The first-order chi connectivity index (χ1) is 14.8. The Bertz CT molecular complexity index is 443. The van der Waals surface area contributed by atoms with E-state index >= 15 is 0 Å². The molecule has 0 aromatic rings. The van der Waals surface area contributed by atoms with Gasteiger partial charge in [-0.1, -0.05) is 117 Å². The monoisotopic (exact) mass is 440 g/mol. The molecule has 0 aliphatic carbocycles. The molecule has 0 radical (unpaired) electrons. The lowest BCUT2D eigenvalue weighted by atomic mass is 9.94. The number of ether oxygens (including phenoxy) is 2. The molecule has 0 bridgehead atoms. The highest BCUT2D eigenvalue weighted by atomic mass is 16.6. The van der Waals surface area contributed by atoms with Gasteiger partial charge in [-0.05, 0) is 26.2 Å². The molecular weight excluding hydrogens is 388 g/mol. The van der Waals surface area contributed by atoms with Crippen LogP contribution in [0.3, 0.4) is 0 Å². The van der Waals surface area contributed by atoms with E-state index < -0.39 is 17.4 Å². The van der Waals surface area contributed by atoms with Crippen LogP contribution in [0.25, 0.3) is 0 Å². The van der Waals surface area contributed by atoms with E-state index in [1.165, 1.54) is 89.9 Å². The quantitative estimate of drug-likeness (QED) is 0.103. The van der Waals surface area contributed by atoms with Crippen LogP contribution in [0.2, 0.25) is 0 Å². The lowest BCUT2D eigenvalue weighted by Gasteiger charge is -2.21. The number of carbonyl (C=O) groups excluding carboxylic acids is 2. The molecular formula is C27H52O4. The molecule has 0 fully saturated rings. The molecule has 0 heterocycles. The van der Waals surface area contributed by atoms with Crippen LogP contribution in [-0.2, 0) is 19.1 Å². The van der Waals surface area contributed by atoms with Crippen molar-refractivity contribution in [3.8, 4) is 0 Å². The van der Waals surface area contributed by atoms with Gasteiger partial charge in [0.25, 0.3) is 0 Å². The molecule has 0 rings (SSSR count). The molecule has 0 N–H and O–H groups in total. The maximum atomic E-state index is 12.2. The van der Waals surface area contributed by atoms with Crippen molar-refractivity contribution in [3.05, 3.63) is 0 Å². The minimum atomic E-state index is -1.23. The summed E-state index contributed by atoms with van der Waals surface area (Å²) in [7, 11) is 0. The van der Waals surface area contributed by atoms with Crippen LogP contribution in [0.15, 0.2) is 0 Å². The summed E-state index contributed by atoms with van der Waals surface area (Å²) in [6.45, 7) is 10.1. The Morgan fingerprint density at radius 1 is 0.613 bits per heavy atom. The van der Waals surface area contributed by atoms with Crippen LogP contribution in [0.1, 0.15) is 137 Å². The lowest BCUT2D eigenvalue weighted by molar-refractivity contribution is -0.170. The second-order valence-electron chi connectivity index (χ2n) is 10.1. The standard InChI is InChI=1S/C27H52O4/c1-6-7-8-9-10-11-12-13-14-15-16-17-18-19-20-21-22-30-25(28)27(4,5)26(29)31-23-24(2)3/h24H,6-23H2,1-5H3. The van der Waals surface area contributed by atoms with Crippen molar-refractivity contribution in [2.45, 2.75) is 137 Å². The van der Waals surface area contributed by atoms with Crippen molar-refractivity contribution >= 4 is 11.9 Å². The first-order valence-electron chi connectivity index (χ1n) is 13.2. The number of esters is 2. The predicted molar refractivity (Wildman–Crippen MR) is 130 cm³/mol. The second-order valence-corrected chi connectivity index (χ2v) is 10.1. The number of unbranched alkanes of at least 4 members (excludes halogenated alkanes) is 15. The molecule has 0 spiro atoms. The van der Waals surface area contributed by atoms with Gasteiger partial charge in [-0.3, -0.25) is 9.59 Å². The van der Waals surface area contributed by atoms with Crippen molar-refractivity contribution < 1.29 is 19.1 Å². The van der Waals surface area contributed by atoms with Crippen molar-refractivity contribution in [1.82, 2.24) is 0 Å². The summed E-state index contributed by atoms with van der Waals surface area (Å²) in [5.74, 6) is -0.735. The van der Waals surface area contributed by atoms with E-state index in [0.717, 1.165) is 12.8 Å². The molecule has 0 saturated carbocycles. The summed E-state index contributed by atoms with van der Waals surface area (Å²) >= 11 is 0. The van der Waals surface area contributed by atoms with Gasteiger partial charge in [-0.25, -0.2) is 0 Å². The zero-order chi connectivity index (χ0) is 23.4. The summed E-state index contributed by atoms with van der Waals surface area (Å²) in [5.41, 5.74) is -1.23. The first kappa shape index (κ1) is 29.9. The van der Waals surface area contributed by atoms with E-state index in [4.69, 9.17) is 9.47 Å². The fraction of sp³-hybridized carbons (Fsp3) is 0.926. The number of rotatable bonds is 21. The molecule has 0 aliphatic rings. The molecule has 4 heteroatoms. The Hall–Kier alpha value is -1.06. The van der Waals surface area contributed by atoms with E-state index in [0.29, 0.717) is 13.2 Å². The molecule has 31 heavy (non-hydrogen) atoms. The Morgan fingerprint density at radius 2 is 0.968 bits per heavy atom. The van der Waals surface area contributed by atoms with Crippen molar-refractivity contribution in [3.63, 3.8) is 0 Å². The topological polar surface area (TPSA) is 52.6 Å². The number of hydrogen-bond donors (Lipinski definition) is 0. The van der Waals surface area contributed by atoms with Gasteiger partial charge in [0.15, 0.2) is 5.41 Å². The summed E-state index contributed by atoms with van der Waals surface area (Å²) in [6, 6.07) is 0. The maximum Gasteiger partial charge on any atom is 0.322 e. The summed E-state index contributed by atoms with van der Waals surface area (Å²) < 4.78 is 10.5. The molecule has 0 amide bonds. The minimum Gasteiger partial charge on any atom is -0.465 e. The van der Waals surface area contributed by atoms with Gasteiger partial charge in [-0.2, -0.15) is 0 Å². The molecule has 0 saturated heterocycles. The van der Waals surface area contributed by atoms with Crippen molar-refractivity contribution in [1.29, 1.82) is 0 Å². The Labute approximate surface area is 193 Å². The van der Waals surface area contributed by atoms with Crippen LogP contribution in [0.4, 0.5) is 0 Å². The van der Waals surface area contributed by atoms with Gasteiger partial charge < -0.3 is 9.47 Å². The van der Waals surface area contributed by atoms with E-state index in [-0.39, 0.29) is 5.92 Å². The summed E-state index contributed by atoms with van der Waals surface area (Å²) in [6.07, 6.45) is 21.1. The third-order valence-corrected chi connectivity index (χ3v) is 5.80. The van der Waals surface area contributed by atoms with Gasteiger partial charge in [0.1, 0.15) is 0 Å². The molecule has 0 aliphatic heterocycles. The SMILES string of the molecule is CCCCCCCCCCCCCCCCCCOC(=O)C(C)(C)C(=O)OCC(C)C. The fourth-order valence-electron chi connectivity index (χ4n) is 3.50. The van der Waals surface area contributed by atoms with Gasteiger partial charge in [0, 0.05) is 0 Å². The Morgan fingerprint density at radius 3 is 1.35 bits per heavy atom. The number of carbonyl (C=O) groups is 2. The molecule has 0 aromatic carbocycles. The van der Waals surface area contributed by atoms with Crippen molar-refractivity contribution in [2.75, 3.05) is 13.2 Å². The van der Waals surface area contributed by atoms with Crippen LogP contribution in [0.5, 0.6) is 0 Å². The fourth-order valence-corrected chi connectivity index (χ4v) is 3.50. The highest BCUT2D eigenvalue weighted by Crippen LogP contribution is 2.20. The highest BCUT2D eigenvalue weighted by molar-refractivity contribution is 5.99. The zero-order valence-electron chi connectivity index (χ0n) is 21.4. The Balaban J connectivity index is 3.47. The third kappa shape index (κ3) is 17.2. The van der Waals surface area contributed by atoms with Crippen LogP contribution >= 0.6 is 0 Å². The average molecular weight is 441 g/mol. The maximum absolute atomic E-state index is 12.2. The van der Waals surface area contributed by atoms with Gasteiger partial charge >= 0.3 is 11.9 Å². The normalized spacial score (nSPS) is 11.7. The van der Waals surface area contributed by atoms with E-state index in [1.54, 1.807) is 13.8 Å². The van der Waals surface area contributed by atoms with E-state index in [9.17, 15) is 9.59 Å². The third-order valence-electron chi connectivity index (χ3n) is 5.80. The Kier molecular flexibility index (Phi) is 18.9. The van der Waals surface area contributed by atoms with Crippen molar-refractivity contribution in [2.24, 2.45) is 11.3 Å². The number of hydrogen-bond acceptors (Lipinski definition) is 4. The summed E-state index contributed by atoms with van der Waals surface area (Å²) in [5, 5.41) is 0. The second kappa shape index (κ2) is 19.6. The van der Waals surface area contributed by atoms with Gasteiger partial charge in [0.05, 0.1) is 13.2 Å². The smallest absolute Gasteiger partial charge is 0.322 e. The van der Waals surface area contributed by atoms with E-state index in [2.05, 4.69) is 6.92 Å². The molecule has 184 valence electrons. The molecule has 0 unspecified atom stereocenters. The largest absolute Gasteiger partial charge is 0.465 e. The molecule has 0 aromatic heterocycles. The first-order valence-corrected chi connectivity index (χ1v) is 13.2. The lowest BCUT2D eigenvalue weighted by Crippen LogP contribution is -2.37. The molecule has 0 atom stereocenters. The molecule has 4 nitrogen and oxygen atoms in total. The van der Waals surface area contributed by atoms with Gasteiger partial charge in [-0.15, -0.1) is 0 Å². The van der Waals surface area contributed by atoms with Crippen LogP contribution in [-0.4, -0.2) is 25.2 Å².